The molecule has 1 aliphatic rings. The lowest BCUT2D eigenvalue weighted by Gasteiger charge is -1.88. The van der Waals surface area contributed by atoms with E-state index in [2.05, 4.69) is 11.3 Å². The van der Waals surface area contributed by atoms with Crippen LogP contribution in [0.3, 0.4) is 0 Å². The molecule has 0 heterocycles. The van der Waals surface area contributed by atoms with Crippen LogP contribution in [-0.2, 0) is 9.53 Å². The number of hydrogen-bond acceptors (Lipinski definition) is 2. The van der Waals surface area contributed by atoms with Crippen molar-refractivity contribution in [3.05, 3.63) is 24.8 Å². The minimum atomic E-state index is -0.278. The first-order valence-electron chi connectivity index (χ1n) is 3.66. The van der Waals surface area contributed by atoms with Gasteiger partial charge in [0.05, 0.1) is 7.11 Å². The quantitative estimate of drug-likeness (QED) is 0.348. The molecule has 60 valence electrons. The zero-order valence-corrected chi connectivity index (χ0v) is 6.62. The zero-order valence-electron chi connectivity index (χ0n) is 6.62. The second-order valence-corrected chi connectivity index (χ2v) is 2.68. The molecule has 1 saturated carbocycles. The van der Waals surface area contributed by atoms with E-state index in [1.165, 1.54) is 13.2 Å². The van der Waals surface area contributed by atoms with Crippen molar-refractivity contribution >= 4 is 5.97 Å². The fourth-order valence-electron chi connectivity index (χ4n) is 0.998. The van der Waals surface area contributed by atoms with Gasteiger partial charge in [-0.3, -0.25) is 0 Å². The van der Waals surface area contributed by atoms with Crippen molar-refractivity contribution in [2.24, 2.45) is 11.8 Å². The van der Waals surface area contributed by atoms with Crippen LogP contribution in [0.4, 0.5) is 0 Å². The van der Waals surface area contributed by atoms with E-state index in [-0.39, 0.29) is 5.97 Å². The summed E-state index contributed by atoms with van der Waals surface area (Å²) in [5.41, 5.74) is 0. The molecular formula is C9H12O2. The minimum absolute atomic E-state index is 0.278. The molecule has 0 aromatic heterocycles. The molecule has 0 aromatic carbocycles. The van der Waals surface area contributed by atoms with Gasteiger partial charge >= 0.3 is 5.97 Å². The number of methoxy groups -OCH3 is 1. The fraction of sp³-hybridized carbons (Fsp3) is 0.444. The van der Waals surface area contributed by atoms with Gasteiger partial charge in [-0.1, -0.05) is 12.2 Å². The third kappa shape index (κ3) is 2.22. The van der Waals surface area contributed by atoms with Crippen molar-refractivity contribution in [1.29, 1.82) is 0 Å². The lowest BCUT2D eigenvalue weighted by atomic mass is 10.3. The Morgan fingerprint density at radius 3 is 2.82 bits per heavy atom. The Bertz CT molecular complexity index is 194. The van der Waals surface area contributed by atoms with Gasteiger partial charge in [-0.25, -0.2) is 4.79 Å². The Morgan fingerprint density at radius 1 is 1.64 bits per heavy atom. The van der Waals surface area contributed by atoms with Crippen molar-refractivity contribution in [3.63, 3.8) is 0 Å². The van der Waals surface area contributed by atoms with E-state index in [1.807, 2.05) is 12.2 Å². The lowest BCUT2D eigenvalue weighted by molar-refractivity contribution is -0.134. The van der Waals surface area contributed by atoms with E-state index in [9.17, 15) is 4.79 Å². The molecule has 1 rings (SSSR count). The van der Waals surface area contributed by atoms with Gasteiger partial charge in [0.1, 0.15) is 0 Å². The summed E-state index contributed by atoms with van der Waals surface area (Å²) in [4.78, 5) is 10.6. The fourth-order valence-corrected chi connectivity index (χ4v) is 0.998. The Balaban J connectivity index is 2.27. The summed E-state index contributed by atoms with van der Waals surface area (Å²) in [6.07, 6.45) is 6.41. The number of hydrogen-bond donors (Lipinski definition) is 0. The largest absolute Gasteiger partial charge is 0.466 e. The Morgan fingerprint density at radius 2 is 2.36 bits per heavy atom. The van der Waals surface area contributed by atoms with Gasteiger partial charge in [0, 0.05) is 6.08 Å². The highest BCUT2D eigenvalue weighted by molar-refractivity contribution is 5.81. The molecule has 0 bridgehead atoms. The van der Waals surface area contributed by atoms with Gasteiger partial charge in [-0.15, -0.1) is 6.58 Å². The number of carbonyl (C=O) groups excluding carboxylic acids is 1. The molecule has 2 atom stereocenters. The van der Waals surface area contributed by atoms with Crippen molar-refractivity contribution in [1.82, 2.24) is 0 Å². The van der Waals surface area contributed by atoms with Crippen LogP contribution in [0.5, 0.6) is 0 Å². The van der Waals surface area contributed by atoms with E-state index in [0.29, 0.717) is 11.8 Å². The monoisotopic (exact) mass is 152 g/mol. The molecule has 2 heteroatoms. The highest BCUT2D eigenvalue weighted by Gasteiger charge is 2.31. The van der Waals surface area contributed by atoms with Crippen molar-refractivity contribution < 1.29 is 9.53 Å². The number of allylic oxidation sites excluding steroid dienone is 2. The second-order valence-electron chi connectivity index (χ2n) is 2.68. The lowest BCUT2D eigenvalue weighted by Crippen LogP contribution is -1.93. The van der Waals surface area contributed by atoms with Crippen LogP contribution in [0.15, 0.2) is 24.8 Å². The summed E-state index contributed by atoms with van der Waals surface area (Å²) in [7, 11) is 1.38. The molecule has 0 spiro atoms. The maximum atomic E-state index is 10.6. The van der Waals surface area contributed by atoms with Crippen LogP contribution in [0.25, 0.3) is 0 Å². The maximum absolute atomic E-state index is 10.6. The Labute approximate surface area is 66.5 Å². The minimum Gasteiger partial charge on any atom is -0.466 e. The predicted molar refractivity (Wildman–Crippen MR) is 43.0 cm³/mol. The van der Waals surface area contributed by atoms with Crippen LogP contribution in [0.2, 0.25) is 0 Å². The van der Waals surface area contributed by atoms with Crippen molar-refractivity contribution in [2.45, 2.75) is 6.42 Å². The maximum Gasteiger partial charge on any atom is 0.330 e. The molecule has 0 radical (unpaired) electrons. The van der Waals surface area contributed by atoms with E-state index in [0.717, 1.165) is 6.42 Å². The standard InChI is InChI=1S/C9H12O2/c1-3-7-6-8(7)4-5-9(10)11-2/h3-5,7-8H,1,6H2,2H3/t7-,8-/m1/s1. The van der Waals surface area contributed by atoms with Gasteiger partial charge in [-0.05, 0) is 18.3 Å². The first-order valence-corrected chi connectivity index (χ1v) is 3.66. The predicted octanol–water partition coefficient (Wildman–Crippen LogP) is 1.54. The molecule has 11 heavy (non-hydrogen) atoms. The third-order valence-corrected chi connectivity index (χ3v) is 1.87. The first kappa shape index (κ1) is 8.05. The van der Waals surface area contributed by atoms with Crippen LogP contribution in [0, 0.1) is 11.8 Å². The van der Waals surface area contributed by atoms with Crippen molar-refractivity contribution in [3.8, 4) is 0 Å². The summed E-state index contributed by atoms with van der Waals surface area (Å²) in [5.74, 6) is 0.821. The number of carbonyl (C=O) groups is 1. The normalized spacial score (nSPS) is 28.5. The van der Waals surface area contributed by atoms with Gasteiger partial charge in [0.25, 0.3) is 0 Å². The Kier molecular flexibility index (Phi) is 2.47. The van der Waals surface area contributed by atoms with E-state index < -0.39 is 0 Å². The van der Waals surface area contributed by atoms with Crippen LogP contribution >= 0.6 is 0 Å². The number of ether oxygens (including phenoxy) is 1. The van der Waals surface area contributed by atoms with Gasteiger partial charge in [0.2, 0.25) is 0 Å². The van der Waals surface area contributed by atoms with E-state index in [4.69, 9.17) is 0 Å². The SMILES string of the molecule is C=C[C@@H]1C[C@H]1C=CC(=O)OC. The molecule has 0 saturated heterocycles. The van der Waals surface area contributed by atoms with Crippen LogP contribution in [-0.4, -0.2) is 13.1 Å². The van der Waals surface area contributed by atoms with E-state index in [1.54, 1.807) is 0 Å². The second kappa shape index (κ2) is 3.37. The molecule has 1 fully saturated rings. The molecule has 1 aliphatic carbocycles. The first-order chi connectivity index (χ1) is 5.27. The molecule has 0 aliphatic heterocycles. The smallest absolute Gasteiger partial charge is 0.330 e. The molecule has 0 amide bonds. The van der Waals surface area contributed by atoms with Crippen molar-refractivity contribution in [2.75, 3.05) is 7.11 Å². The highest BCUT2D eigenvalue weighted by Crippen LogP contribution is 2.40. The molecule has 0 unspecified atom stereocenters. The molecule has 0 aromatic rings. The summed E-state index contributed by atoms with van der Waals surface area (Å²) in [6, 6.07) is 0. The molecular weight excluding hydrogens is 140 g/mol. The third-order valence-electron chi connectivity index (χ3n) is 1.87. The average molecular weight is 152 g/mol. The van der Waals surface area contributed by atoms with Gasteiger partial charge in [0.15, 0.2) is 0 Å². The number of esters is 1. The number of rotatable bonds is 3. The topological polar surface area (TPSA) is 26.3 Å². The highest BCUT2D eigenvalue weighted by atomic mass is 16.5. The summed E-state index contributed by atoms with van der Waals surface area (Å²) in [5, 5.41) is 0. The summed E-state index contributed by atoms with van der Waals surface area (Å²) >= 11 is 0. The van der Waals surface area contributed by atoms with Gasteiger partial charge in [-0.2, -0.15) is 0 Å². The summed E-state index contributed by atoms with van der Waals surface area (Å²) in [6.45, 7) is 3.67. The zero-order chi connectivity index (χ0) is 8.27. The molecule has 0 N–H and O–H groups in total. The average Bonchev–Trinajstić information content (AvgIpc) is 2.78. The Hall–Kier alpha value is -1.05. The van der Waals surface area contributed by atoms with Crippen LogP contribution < -0.4 is 0 Å². The van der Waals surface area contributed by atoms with E-state index >= 15 is 0 Å². The molecule has 2 nitrogen and oxygen atoms in total. The van der Waals surface area contributed by atoms with Crippen LogP contribution in [0.1, 0.15) is 6.42 Å². The van der Waals surface area contributed by atoms with Gasteiger partial charge < -0.3 is 4.74 Å². The summed E-state index contributed by atoms with van der Waals surface area (Å²) < 4.78 is 4.45.